The number of rotatable bonds is 3. The van der Waals surface area contributed by atoms with Crippen LogP contribution < -0.4 is 0 Å². The zero-order valence-electron chi connectivity index (χ0n) is 12.0. The highest BCUT2D eigenvalue weighted by Crippen LogP contribution is 2.28. The molecule has 5 nitrogen and oxygen atoms in total. The topological polar surface area (TPSA) is 56.5 Å². The maximum Gasteiger partial charge on any atom is 0.182 e. The Morgan fingerprint density at radius 2 is 1.91 bits per heavy atom. The van der Waals surface area contributed by atoms with Crippen molar-refractivity contribution in [3.05, 3.63) is 54.4 Å². The van der Waals surface area contributed by atoms with Gasteiger partial charge in [0.05, 0.1) is 0 Å². The Kier molecular flexibility index (Phi) is 3.23. The minimum absolute atomic E-state index is 0.759. The summed E-state index contributed by atoms with van der Waals surface area (Å²) in [7, 11) is 1.83. The summed E-state index contributed by atoms with van der Waals surface area (Å²) in [5.41, 5.74) is 2.81. The molecule has 0 fully saturated rings. The molecule has 0 saturated heterocycles. The van der Waals surface area contributed by atoms with Crippen LogP contribution in [0.5, 0.6) is 0 Å². The van der Waals surface area contributed by atoms with Crippen LogP contribution in [0.3, 0.4) is 0 Å². The molecule has 0 radical (unpaired) electrons. The molecule has 4 aromatic rings. The SMILES string of the molecule is Cn1nnc2c(SCc3cccc4ccccc34)ncnc21. The van der Waals surface area contributed by atoms with Crippen LogP contribution in [0, 0.1) is 0 Å². The molecule has 0 aliphatic heterocycles. The zero-order valence-corrected chi connectivity index (χ0v) is 12.8. The standard InChI is InChI=1S/C16H13N5S/c1-21-15-14(19-20-21)16(18-10-17-15)22-9-12-7-4-6-11-5-2-3-8-13(11)12/h2-8,10H,9H2,1H3. The lowest BCUT2D eigenvalue weighted by Gasteiger charge is -2.06. The molecule has 2 aromatic carbocycles. The molecule has 0 N–H and O–H groups in total. The van der Waals surface area contributed by atoms with Gasteiger partial charge in [-0.2, -0.15) is 0 Å². The summed E-state index contributed by atoms with van der Waals surface area (Å²) in [4.78, 5) is 8.57. The fourth-order valence-electron chi connectivity index (χ4n) is 2.50. The van der Waals surface area contributed by atoms with Gasteiger partial charge in [-0.25, -0.2) is 14.6 Å². The summed E-state index contributed by atoms with van der Waals surface area (Å²) in [6.07, 6.45) is 1.57. The van der Waals surface area contributed by atoms with Crippen molar-refractivity contribution >= 4 is 33.7 Å². The maximum atomic E-state index is 4.35. The van der Waals surface area contributed by atoms with Crippen LogP contribution in [0.4, 0.5) is 0 Å². The van der Waals surface area contributed by atoms with Gasteiger partial charge in [-0.3, -0.25) is 0 Å². The Hall–Kier alpha value is -2.47. The van der Waals surface area contributed by atoms with Crippen LogP contribution in [0.15, 0.2) is 53.8 Å². The molecular formula is C16H13N5S. The number of hydrogen-bond acceptors (Lipinski definition) is 5. The van der Waals surface area contributed by atoms with Crippen molar-refractivity contribution in [1.82, 2.24) is 25.0 Å². The van der Waals surface area contributed by atoms with E-state index in [1.54, 1.807) is 22.8 Å². The van der Waals surface area contributed by atoms with E-state index in [0.717, 1.165) is 21.9 Å². The molecule has 0 spiro atoms. The first-order valence-corrected chi connectivity index (χ1v) is 7.91. The van der Waals surface area contributed by atoms with Gasteiger partial charge in [0.2, 0.25) is 0 Å². The molecule has 0 aliphatic carbocycles. The molecule has 0 atom stereocenters. The minimum atomic E-state index is 0.759. The van der Waals surface area contributed by atoms with E-state index in [4.69, 9.17) is 0 Å². The second kappa shape index (κ2) is 5.38. The summed E-state index contributed by atoms with van der Waals surface area (Å²) in [6.45, 7) is 0. The van der Waals surface area contributed by atoms with E-state index in [-0.39, 0.29) is 0 Å². The molecule has 2 aromatic heterocycles. The monoisotopic (exact) mass is 307 g/mol. The predicted octanol–water partition coefficient (Wildman–Crippen LogP) is 3.20. The number of hydrogen-bond donors (Lipinski definition) is 0. The van der Waals surface area contributed by atoms with Gasteiger partial charge in [-0.05, 0) is 16.3 Å². The van der Waals surface area contributed by atoms with Crippen molar-refractivity contribution in [2.24, 2.45) is 7.05 Å². The van der Waals surface area contributed by atoms with Gasteiger partial charge in [0.1, 0.15) is 11.4 Å². The third-order valence-corrected chi connectivity index (χ3v) is 4.63. The van der Waals surface area contributed by atoms with Crippen molar-refractivity contribution in [3.8, 4) is 0 Å². The smallest absolute Gasteiger partial charge is 0.182 e. The lowest BCUT2D eigenvalue weighted by Crippen LogP contribution is -1.93. The summed E-state index contributed by atoms with van der Waals surface area (Å²) >= 11 is 1.66. The van der Waals surface area contributed by atoms with Gasteiger partial charge in [-0.1, -0.05) is 59.4 Å². The number of aryl methyl sites for hydroxylation is 1. The largest absolute Gasteiger partial charge is 0.230 e. The van der Waals surface area contributed by atoms with Crippen molar-refractivity contribution in [2.75, 3.05) is 0 Å². The lowest BCUT2D eigenvalue weighted by atomic mass is 10.1. The second-order valence-electron chi connectivity index (χ2n) is 4.99. The average Bonchev–Trinajstić information content (AvgIpc) is 2.95. The third-order valence-electron chi connectivity index (χ3n) is 3.60. The number of benzene rings is 2. The van der Waals surface area contributed by atoms with Gasteiger partial charge in [0, 0.05) is 12.8 Å². The maximum absolute atomic E-state index is 4.35. The van der Waals surface area contributed by atoms with E-state index >= 15 is 0 Å². The van der Waals surface area contributed by atoms with Crippen LogP contribution in [-0.2, 0) is 12.8 Å². The van der Waals surface area contributed by atoms with Gasteiger partial charge < -0.3 is 0 Å². The summed E-state index contributed by atoms with van der Waals surface area (Å²) in [5, 5.41) is 11.6. The van der Waals surface area contributed by atoms with Crippen LogP contribution in [0.1, 0.15) is 5.56 Å². The summed E-state index contributed by atoms with van der Waals surface area (Å²) < 4.78 is 1.67. The third kappa shape index (κ3) is 2.21. The Bertz CT molecular complexity index is 958. The minimum Gasteiger partial charge on any atom is -0.230 e. The molecule has 108 valence electrons. The highest BCUT2D eigenvalue weighted by atomic mass is 32.2. The van der Waals surface area contributed by atoms with Gasteiger partial charge in [0.15, 0.2) is 11.2 Å². The Morgan fingerprint density at radius 1 is 1.05 bits per heavy atom. The van der Waals surface area contributed by atoms with Crippen LogP contribution in [0.25, 0.3) is 21.9 Å². The van der Waals surface area contributed by atoms with E-state index in [1.165, 1.54) is 16.3 Å². The van der Waals surface area contributed by atoms with Crippen LogP contribution in [0.2, 0.25) is 0 Å². The van der Waals surface area contributed by atoms with E-state index in [9.17, 15) is 0 Å². The van der Waals surface area contributed by atoms with Crippen LogP contribution in [-0.4, -0.2) is 25.0 Å². The zero-order chi connectivity index (χ0) is 14.9. The number of thioether (sulfide) groups is 1. The van der Waals surface area contributed by atoms with Crippen molar-refractivity contribution in [1.29, 1.82) is 0 Å². The van der Waals surface area contributed by atoms with Crippen molar-refractivity contribution in [2.45, 2.75) is 10.8 Å². The first-order valence-electron chi connectivity index (χ1n) is 6.93. The first kappa shape index (κ1) is 13.2. The molecule has 0 bridgehead atoms. The quantitative estimate of drug-likeness (QED) is 0.430. The fourth-order valence-corrected chi connectivity index (χ4v) is 3.44. The average molecular weight is 307 g/mol. The predicted molar refractivity (Wildman–Crippen MR) is 87.6 cm³/mol. The summed E-state index contributed by atoms with van der Waals surface area (Å²) in [5.74, 6) is 0.837. The molecular weight excluding hydrogens is 294 g/mol. The fraction of sp³-hybridized carbons (Fsp3) is 0.125. The Labute approximate surface area is 131 Å². The molecule has 6 heteroatoms. The second-order valence-corrected chi connectivity index (χ2v) is 5.96. The molecule has 4 rings (SSSR count). The normalized spacial score (nSPS) is 11.3. The molecule has 2 heterocycles. The van der Waals surface area contributed by atoms with E-state index in [1.807, 2.05) is 7.05 Å². The molecule has 0 amide bonds. The molecule has 0 saturated carbocycles. The van der Waals surface area contributed by atoms with Crippen molar-refractivity contribution in [3.63, 3.8) is 0 Å². The molecule has 0 unspecified atom stereocenters. The van der Waals surface area contributed by atoms with E-state index in [0.29, 0.717) is 0 Å². The highest BCUT2D eigenvalue weighted by molar-refractivity contribution is 7.98. The Morgan fingerprint density at radius 3 is 2.86 bits per heavy atom. The van der Waals surface area contributed by atoms with Gasteiger partial charge in [0.25, 0.3) is 0 Å². The van der Waals surface area contributed by atoms with E-state index < -0.39 is 0 Å². The number of fused-ring (bicyclic) bond motifs is 2. The lowest BCUT2D eigenvalue weighted by molar-refractivity contribution is 0.729. The first-order chi connectivity index (χ1) is 10.8. The Balaban J connectivity index is 1.69. The van der Waals surface area contributed by atoms with Crippen LogP contribution >= 0.6 is 11.8 Å². The highest BCUT2D eigenvalue weighted by Gasteiger charge is 2.11. The number of nitrogens with zero attached hydrogens (tertiary/aromatic N) is 5. The van der Waals surface area contributed by atoms with Gasteiger partial charge >= 0.3 is 0 Å². The molecule has 22 heavy (non-hydrogen) atoms. The van der Waals surface area contributed by atoms with Gasteiger partial charge in [-0.15, -0.1) is 5.10 Å². The summed E-state index contributed by atoms with van der Waals surface area (Å²) in [6, 6.07) is 14.8. The number of aromatic nitrogens is 5. The van der Waals surface area contributed by atoms with E-state index in [2.05, 4.69) is 62.7 Å². The van der Waals surface area contributed by atoms with Crippen molar-refractivity contribution < 1.29 is 0 Å². The molecule has 0 aliphatic rings.